The summed E-state index contributed by atoms with van der Waals surface area (Å²) in [4.78, 5) is 27.0. The predicted molar refractivity (Wildman–Crippen MR) is 121 cm³/mol. The molecule has 0 bridgehead atoms. The number of hydrogen-bond donors (Lipinski definition) is 1. The lowest BCUT2D eigenvalue weighted by atomic mass is 9.98. The van der Waals surface area contributed by atoms with E-state index in [1.165, 1.54) is 4.31 Å². The number of benzene rings is 2. The average molecular weight is 456 g/mol. The summed E-state index contributed by atoms with van der Waals surface area (Å²) in [5.41, 5.74) is 2.00. The van der Waals surface area contributed by atoms with Gasteiger partial charge in [0.05, 0.1) is 10.8 Å². The number of carbonyl (C=O) groups is 2. The molecule has 2 saturated heterocycles. The highest BCUT2D eigenvalue weighted by atomic mass is 32.2. The van der Waals surface area contributed by atoms with E-state index in [-0.39, 0.29) is 29.2 Å². The minimum Gasteiger partial charge on any atom is -0.352 e. The molecule has 0 radical (unpaired) electrons. The van der Waals surface area contributed by atoms with Crippen LogP contribution in [0, 0.1) is 5.92 Å². The predicted octanol–water partition coefficient (Wildman–Crippen LogP) is 2.53. The van der Waals surface area contributed by atoms with Gasteiger partial charge in [0, 0.05) is 39.1 Å². The number of likely N-dealkylation sites (tertiary alicyclic amines) is 1. The summed E-state index contributed by atoms with van der Waals surface area (Å²) in [6.45, 7) is 2.30. The van der Waals surface area contributed by atoms with Crippen molar-refractivity contribution in [2.75, 3.05) is 19.6 Å². The van der Waals surface area contributed by atoms with Crippen LogP contribution in [0.5, 0.6) is 0 Å². The Morgan fingerprint density at radius 1 is 0.969 bits per heavy atom. The maximum atomic E-state index is 12.9. The molecule has 2 aromatic carbocycles. The molecule has 2 fully saturated rings. The van der Waals surface area contributed by atoms with Crippen LogP contribution < -0.4 is 5.32 Å². The van der Waals surface area contributed by atoms with Crippen molar-refractivity contribution in [1.82, 2.24) is 14.5 Å². The van der Waals surface area contributed by atoms with E-state index in [0.29, 0.717) is 38.9 Å². The van der Waals surface area contributed by atoms with Crippen LogP contribution in [-0.2, 0) is 32.7 Å². The molecule has 4 rings (SSSR count). The Kier molecular flexibility index (Phi) is 6.91. The van der Waals surface area contributed by atoms with Crippen molar-refractivity contribution in [2.24, 2.45) is 5.92 Å². The minimum atomic E-state index is -3.61. The number of rotatable bonds is 7. The van der Waals surface area contributed by atoms with Crippen LogP contribution >= 0.6 is 0 Å². The number of sulfonamides is 1. The smallest absolute Gasteiger partial charge is 0.243 e. The Morgan fingerprint density at radius 3 is 2.41 bits per heavy atom. The highest BCUT2D eigenvalue weighted by Gasteiger charge is 2.33. The zero-order chi connectivity index (χ0) is 22.6. The molecule has 2 heterocycles. The third-order valence-electron chi connectivity index (χ3n) is 6.24. The van der Waals surface area contributed by atoms with Crippen LogP contribution in [0.4, 0.5) is 0 Å². The maximum absolute atomic E-state index is 12.9. The van der Waals surface area contributed by atoms with Crippen LogP contribution in [0.25, 0.3) is 0 Å². The van der Waals surface area contributed by atoms with Gasteiger partial charge in [-0.25, -0.2) is 8.42 Å². The van der Waals surface area contributed by atoms with Gasteiger partial charge in [0.15, 0.2) is 0 Å². The summed E-state index contributed by atoms with van der Waals surface area (Å²) in [6.07, 6.45) is 2.80. The molecule has 0 unspecified atom stereocenters. The van der Waals surface area contributed by atoms with Crippen LogP contribution in [0.15, 0.2) is 59.5 Å². The van der Waals surface area contributed by atoms with Gasteiger partial charge in [0.1, 0.15) is 0 Å². The number of amides is 2. The second kappa shape index (κ2) is 9.83. The van der Waals surface area contributed by atoms with Crippen molar-refractivity contribution in [2.45, 2.75) is 43.7 Å². The molecule has 7 nitrogen and oxygen atoms in total. The molecule has 8 heteroatoms. The van der Waals surface area contributed by atoms with Crippen molar-refractivity contribution in [1.29, 1.82) is 0 Å². The average Bonchev–Trinajstić information content (AvgIpc) is 3.23. The summed E-state index contributed by atoms with van der Waals surface area (Å²) in [7, 11) is -3.61. The number of hydrogen-bond acceptors (Lipinski definition) is 4. The Labute approximate surface area is 189 Å². The molecule has 2 aliphatic rings. The lowest BCUT2D eigenvalue weighted by molar-refractivity contribution is -0.128. The van der Waals surface area contributed by atoms with E-state index in [1.54, 1.807) is 30.3 Å². The molecular formula is C24H29N3O4S. The fourth-order valence-electron chi connectivity index (χ4n) is 4.40. The van der Waals surface area contributed by atoms with Gasteiger partial charge in [0.2, 0.25) is 21.8 Å². The maximum Gasteiger partial charge on any atom is 0.243 e. The fraction of sp³-hybridized carbons (Fsp3) is 0.417. The number of nitrogens with zero attached hydrogens (tertiary/aromatic N) is 2. The van der Waals surface area contributed by atoms with E-state index in [4.69, 9.17) is 0 Å². The van der Waals surface area contributed by atoms with Gasteiger partial charge in [-0.2, -0.15) is 4.31 Å². The molecule has 32 heavy (non-hydrogen) atoms. The molecule has 1 N–H and O–H groups in total. The van der Waals surface area contributed by atoms with E-state index >= 15 is 0 Å². The second-order valence-corrected chi connectivity index (χ2v) is 10.4. The molecule has 0 aliphatic carbocycles. The van der Waals surface area contributed by atoms with E-state index in [0.717, 1.165) is 24.1 Å². The first-order valence-corrected chi connectivity index (χ1v) is 12.6. The standard InChI is InChI=1S/C24H29N3O4S/c28-23-13-7-14-26(23)17-20-9-5-4-8-19(20)16-25-24(29)21-10-6-15-27(18-21)32(30,31)22-11-2-1-3-12-22/h1-5,8-9,11-12,21H,6-7,10,13-18H2,(H,25,29)/t21-/m1/s1. The van der Waals surface area contributed by atoms with Crippen molar-refractivity contribution < 1.29 is 18.0 Å². The third kappa shape index (κ3) is 5.02. The SMILES string of the molecule is O=C(NCc1ccccc1CN1CCCC1=O)[C@@H]1CCCN(S(=O)(=O)c2ccccc2)C1. The Hall–Kier alpha value is -2.71. The molecule has 0 saturated carbocycles. The summed E-state index contributed by atoms with van der Waals surface area (Å²) in [5, 5.41) is 2.99. The zero-order valence-corrected chi connectivity index (χ0v) is 18.9. The van der Waals surface area contributed by atoms with Gasteiger partial charge in [-0.05, 0) is 42.5 Å². The van der Waals surface area contributed by atoms with Crippen molar-refractivity contribution in [3.05, 3.63) is 65.7 Å². The van der Waals surface area contributed by atoms with E-state index < -0.39 is 10.0 Å². The van der Waals surface area contributed by atoms with Crippen molar-refractivity contribution in [3.63, 3.8) is 0 Å². The lowest BCUT2D eigenvalue weighted by Gasteiger charge is -2.31. The monoisotopic (exact) mass is 455 g/mol. The molecule has 0 aromatic heterocycles. The van der Waals surface area contributed by atoms with Gasteiger partial charge in [-0.15, -0.1) is 0 Å². The summed E-state index contributed by atoms with van der Waals surface area (Å²) in [5.74, 6) is -0.342. The quantitative estimate of drug-likeness (QED) is 0.695. The fourth-order valence-corrected chi connectivity index (χ4v) is 5.95. The van der Waals surface area contributed by atoms with Crippen LogP contribution in [-0.4, -0.2) is 49.1 Å². The highest BCUT2D eigenvalue weighted by Crippen LogP contribution is 2.24. The molecular weight excluding hydrogens is 426 g/mol. The summed E-state index contributed by atoms with van der Waals surface area (Å²) < 4.78 is 27.3. The van der Waals surface area contributed by atoms with Gasteiger partial charge < -0.3 is 10.2 Å². The Morgan fingerprint density at radius 2 is 1.69 bits per heavy atom. The number of carbonyl (C=O) groups excluding carboxylic acids is 2. The van der Waals surface area contributed by atoms with Crippen LogP contribution in [0.1, 0.15) is 36.8 Å². The van der Waals surface area contributed by atoms with E-state index in [2.05, 4.69) is 5.32 Å². The lowest BCUT2D eigenvalue weighted by Crippen LogP contribution is -2.45. The molecule has 170 valence electrons. The summed E-state index contributed by atoms with van der Waals surface area (Å²) in [6, 6.07) is 16.2. The summed E-state index contributed by atoms with van der Waals surface area (Å²) >= 11 is 0. The zero-order valence-electron chi connectivity index (χ0n) is 18.1. The number of piperidine rings is 1. The van der Waals surface area contributed by atoms with Crippen molar-refractivity contribution in [3.8, 4) is 0 Å². The second-order valence-electron chi connectivity index (χ2n) is 8.42. The van der Waals surface area contributed by atoms with Gasteiger partial charge in [-0.1, -0.05) is 42.5 Å². The normalized spacial score (nSPS) is 19.8. The van der Waals surface area contributed by atoms with Gasteiger partial charge in [0.25, 0.3) is 0 Å². The topological polar surface area (TPSA) is 86.8 Å². The first-order valence-electron chi connectivity index (χ1n) is 11.1. The largest absolute Gasteiger partial charge is 0.352 e. The Balaban J connectivity index is 1.38. The highest BCUT2D eigenvalue weighted by molar-refractivity contribution is 7.89. The third-order valence-corrected chi connectivity index (χ3v) is 8.12. The molecule has 0 spiro atoms. The number of nitrogens with one attached hydrogen (secondary N) is 1. The molecule has 2 aromatic rings. The van der Waals surface area contributed by atoms with Crippen LogP contribution in [0.2, 0.25) is 0 Å². The Bertz CT molecular complexity index is 1070. The molecule has 2 aliphatic heterocycles. The first-order chi connectivity index (χ1) is 15.4. The van der Waals surface area contributed by atoms with E-state index in [9.17, 15) is 18.0 Å². The van der Waals surface area contributed by atoms with Crippen molar-refractivity contribution >= 4 is 21.8 Å². The minimum absolute atomic E-state index is 0.134. The molecule has 1 atom stereocenters. The van der Waals surface area contributed by atoms with Crippen LogP contribution in [0.3, 0.4) is 0 Å². The van der Waals surface area contributed by atoms with Gasteiger partial charge in [-0.3, -0.25) is 9.59 Å². The van der Waals surface area contributed by atoms with Gasteiger partial charge >= 0.3 is 0 Å². The first kappa shape index (κ1) is 22.5. The van der Waals surface area contributed by atoms with E-state index in [1.807, 2.05) is 29.2 Å². The molecule has 2 amide bonds.